The first-order valence-electron chi connectivity index (χ1n) is 11.1. The molecular weight excluding hydrogens is 376 g/mol. The lowest BCUT2D eigenvalue weighted by molar-refractivity contribution is 0.248. The quantitative estimate of drug-likeness (QED) is 0.486. The van der Waals surface area contributed by atoms with Crippen LogP contribution in [0.1, 0.15) is 38.2 Å². The zero-order valence-electron chi connectivity index (χ0n) is 18.7. The van der Waals surface area contributed by atoms with Crippen LogP contribution in [-0.2, 0) is 6.54 Å². The number of unbranched alkanes of at least 4 members (excludes halogenated alkanes) is 3. The Morgan fingerprint density at radius 1 is 0.833 bits per heavy atom. The summed E-state index contributed by atoms with van der Waals surface area (Å²) < 4.78 is 16.9. The Kier molecular flexibility index (Phi) is 8.69. The molecule has 1 aliphatic heterocycles. The maximum Gasteiger partial charge on any atom is 0.161 e. The van der Waals surface area contributed by atoms with Gasteiger partial charge in [0.25, 0.3) is 0 Å². The van der Waals surface area contributed by atoms with Gasteiger partial charge in [0, 0.05) is 44.5 Å². The minimum atomic E-state index is 0.752. The summed E-state index contributed by atoms with van der Waals surface area (Å²) in [6.45, 7) is 8.01. The number of benzene rings is 2. The van der Waals surface area contributed by atoms with Crippen molar-refractivity contribution in [3.63, 3.8) is 0 Å². The van der Waals surface area contributed by atoms with Gasteiger partial charge in [-0.25, -0.2) is 0 Å². The van der Waals surface area contributed by atoms with Gasteiger partial charge >= 0.3 is 0 Å². The third-order valence-electron chi connectivity index (χ3n) is 5.68. The molecule has 0 unspecified atom stereocenters. The molecule has 0 aromatic heterocycles. The summed E-state index contributed by atoms with van der Waals surface area (Å²) in [7, 11) is 3.43. The van der Waals surface area contributed by atoms with Gasteiger partial charge in [0.15, 0.2) is 11.5 Å². The fraction of sp³-hybridized carbons (Fsp3) is 0.520. The Morgan fingerprint density at radius 2 is 1.67 bits per heavy atom. The molecule has 0 atom stereocenters. The summed E-state index contributed by atoms with van der Waals surface area (Å²) in [6, 6.07) is 14.7. The summed E-state index contributed by atoms with van der Waals surface area (Å²) in [6.07, 6.45) is 4.82. The average Bonchev–Trinajstić information content (AvgIpc) is 2.80. The number of ether oxygens (including phenoxy) is 3. The fourth-order valence-electron chi connectivity index (χ4n) is 3.87. The highest BCUT2D eigenvalue weighted by Crippen LogP contribution is 2.29. The normalized spacial score (nSPS) is 14.6. The van der Waals surface area contributed by atoms with Crippen LogP contribution in [0.15, 0.2) is 42.5 Å². The van der Waals surface area contributed by atoms with Crippen LogP contribution in [0, 0.1) is 0 Å². The molecular formula is C25H36N2O3. The van der Waals surface area contributed by atoms with E-state index in [2.05, 4.69) is 53.1 Å². The Bertz CT molecular complexity index is 773. The standard InChI is InChI=1S/C25H36N2O3/c1-4-5-6-7-17-30-24-12-11-21(18-25(24)29-3)20-26-13-15-27(16-14-26)22-9-8-10-23(19-22)28-2/h8-12,18-19H,4-7,13-17,20H2,1-3H3. The van der Waals surface area contributed by atoms with E-state index in [4.69, 9.17) is 14.2 Å². The fourth-order valence-corrected chi connectivity index (χ4v) is 3.87. The first-order valence-corrected chi connectivity index (χ1v) is 11.1. The molecule has 0 bridgehead atoms. The number of nitrogens with zero attached hydrogens (tertiary/aromatic N) is 2. The van der Waals surface area contributed by atoms with Crippen molar-refractivity contribution in [2.75, 3.05) is 51.9 Å². The van der Waals surface area contributed by atoms with Crippen LogP contribution >= 0.6 is 0 Å². The Morgan fingerprint density at radius 3 is 2.40 bits per heavy atom. The molecule has 0 amide bonds. The first-order chi connectivity index (χ1) is 14.7. The van der Waals surface area contributed by atoms with Crippen molar-refractivity contribution < 1.29 is 14.2 Å². The van der Waals surface area contributed by atoms with E-state index in [1.807, 2.05) is 6.07 Å². The predicted octanol–water partition coefficient (Wildman–Crippen LogP) is 4.99. The van der Waals surface area contributed by atoms with Gasteiger partial charge in [0.1, 0.15) is 5.75 Å². The summed E-state index contributed by atoms with van der Waals surface area (Å²) in [5, 5.41) is 0. The van der Waals surface area contributed by atoms with Crippen molar-refractivity contribution >= 4 is 5.69 Å². The molecule has 0 radical (unpaired) electrons. The topological polar surface area (TPSA) is 34.2 Å². The third kappa shape index (κ3) is 6.30. The SMILES string of the molecule is CCCCCCOc1ccc(CN2CCN(c3cccc(OC)c3)CC2)cc1OC. The van der Waals surface area contributed by atoms with Crippen LogP contribution in [0.4, 0.5) is 5.69 Å². The van der Waals surface area contributed by atoms with Gasteiger partial charge in [-0.2, -0.15) is 0 Å². The number of piperazine rings is 1. The van der Waals surface area contributed by atoms with E-state index in [9.17, 15) is 0 Å². The highest BCUT2D eigenvalue weighted by Gasteiger charge is 2.18. The van der Waals surface area contributed by atoms with Crippen molar-refractivity contribution in [1.29, 1.82) is 0 Å². The lowest BCUT2D eigenvalue weighted by Crippen LogP contribution is -2.45. The largest absolute Gasteiger partial charge is 0.497 e. The van der Waals surface area contributed by atoms with Crippen molar-refractivity contribution in [3.8, 4) is 17.2 Å². The first kappa shape index (κ1) is 22.3. The summed E-state index contributed by atoms with van der Waals surface area (Å²) in [5.74, 6) is 2.59. The Labute approximate surface area is 181 Å². The molecule has 30 heavy (non-hydrogen) atoms. The van der Waals surface area contributed by atoms with Gasteiger partial charge in [-0.15, -0.1) is 0 Å². The van der Waals surface area contributed by atoms with Gasteiger partial charge in [0.2, 0.25) is 0 Å². The van der Waals surface area contributed by atoms with E-state index < -0.39 is 0 Å². The molecule has 5 nitrogen and oxygen atoms in total. The monoisotopic (exact) mass is 412 g/mol. The van der Waals surface area contributed by atoms with Gasteiger partial charge in [-0.1, -0.05) is 38.3 Å². The van der Waals surface area contributed by atoms with Crippen LogP contribution in [0.5, 0.6) is 17.2 Å². The van der Waals surface area contributed by atoms with Gasteiger partial charge < -0.3 is 19.1 Å². The number of anilines is 1. The maximum atomic E-state index is 5.95. The number of hydrogen-bond acceptors (Lipinski definition) is 5. The third-order valence-corrected chi connectivity index (χ3v) is 5.68. The lowest BCUT2D eigenvalue weighted by atomic mass is 10.1. The molecule has 3 rings (SSSR count). The number of hydrogen-bond donors (Lipinski definition) is 0. The predicted molar refractivity (Wildman–Crippen MR) is 123 cm³/mol. The molecule has 0 spiro atoms. The zero-order chi connectivity index (χ0) is 21.2. The molecule has 0 saturated carbocycles. The van der Waals surface area contributed by atoms with Gasteiger partial charge in [0.05, 0.1) is 20.8 Å². The smallest absolute Gasteiger partial charge is 0.161 e. The van der Waals surface area contributed by atoms with E-state index >= 15 is 0 Å². The van der Waals surface area contributed by atoms with E-state index in [0.717, 1.165) is 63.0 Å². The van der Waals surface area contributed by atoms with E-state index in [0.29, 0.717) is 0 Å². The second-order valence-electron chi connectivity index (χ2n) is 7.86. The second kappa shape index (κ2) is 11.7. The number of rotatable bonds is 11. The Balaban J connectivity index is 1.50. The average molecular weight is 413 g/mol. The molecule has 5 heteroatoms. The molecule has 1 saturated heterocycles. The maximum absolute atomic E-state index is 5.95. The lowest BCUT2D eigenvalue weighted by Gasteiger charge is -2.36. The minimum absolute atomic E-state index is 0.752. The zero-order valence-corrected chi connectivity index (χ0v) is 18.7. The van der Waals surface area contributed by atoms with Gasteiger partial charge in [-0.3, -0.25) is 4.90 Å². The highest BCUT2D eigenvalue weighted by atomic mass is 16.5. The minimum Gasteiger partial charge on any atom is -0.497 e. The van der Waals surface area contributed by atoms with Crippen LogP contribution < -0.4 is 19.1 Å². The van der Waals surface area contributed by atoms with Crippen LogP contribution in [0.3, 0.4) is 0 Å². The molecule has 1 fully saturated rings. The van der Waals surface area contributed by atoms with Crippen molar-refractivity contribution in [1.82, 2.24) is 4.90 Å². The van der Waals surface area contributed by atoms with Gasteiger partial charge in [-0.05, 0) is 36.2 Å². The van der Waals surface area contributed by atoms with E-state index in [1.54, 1.807) is 14.2 Å². The molecule has 1 aliphatic rings. The van der Waals surface area contributed by atoms with Crippen LogP contribution in [0.2, 0.25) is 0 Å². The van der Waals surface area contributed by atoms with E-state index in [1.165, 1.54) is 30.5 Å². The molecule has 2 aromatic carbocycles. The molecule has 0 N–H and O–H groups in total. The molecule has 164 valence electrons. The highest BCUT2D eigenvalue weighted by molar-refractivity contribution is 5.51. The van der Waals surface area contributed by atoms with Crippen molar-refractivity contribution in [3.05, 3.63) is 48.0 Å². The Hall–Kier alpha value is -2.40. The number of methoxy groups -OCH3 is 2. The van der Waals surface area contributed by atoms with Crippen molar-refractivity contribution in [2.45, 2.75) is 39.2 Å². The van der Waals surface area contributed by atoms with E-state index in [-0.39, 0.29) is 0 Å². The summed E-state index contributed by atoms with van der Waals surface area (Å²) >= 11 is 0. The molecule has 0 aliphatic carbocycles. The second-order valence-corrected chi connectivity index (χ2v) is 7.86. The molecule has 1 heterocycles. The van der Waals surface area contributed by atoms with Crippen LogP contribution in [0.25, 0.3) is 0 Å². The van der Waals surface area contributed by atoms with Crippen molar-refractivity contribution in [2.24, 2.45) is 0 Å². The summed E-state index contributed by atoms with van der Waals surface area (Å²) in [5.41, 5.74) is 2.50. The van der Waals surface area contributed by atoms with Crippen LogP contribution in [-0.4, -0.2) is 51.9 Å². The molecule has 2 aromatic rings. The summed E-state index contributed by atoms with van der Waals surface area (Å²) in [4.78, 5) is 4.92.